The third kappa shape index (κ3) is 5.67. The maximum atomic E-state index is 8.88. The number of anilines is 1. The van der Waals surface area contributed by atoms with Crippen LogP contribution in [0.3, 0.4) is 0 Å². The van der Waals surface area contributed by atoms with Crippen molar-refractivity contribution in [3.63, 3.8) is 0 Å². The van der Waals surface area contributed by atoms with Crippen LogP contribution in [-0.2, 0) is 0 Å². The van der Waals surface area contributed by atoms with Crippen LogP contribution in [0.4, 0.5) is 5.69 Å². The molecule has 0 fully saturated rings. The van der Waals surface area contributed by atoms with E-state index < -0.39 is 0 Å². The van der Waals surface area contributed by atoms with Crippen LogP contribution in [0, 0.1) is 0 Å². The van der Waals surface area contributed by atoms with Gasteiger partial charge in [-0.05, 0) is 36.8 Å². The molecule has 6 heteroatoms. The first-order valence-electron chi connectivity index (χ1n) is 6.16. The van der Waals surface area contributed by atoms with Crippen LogP contribution in [0.1, 0.15) is 12.5 Å². The van der Waals surface area contributed by atoms with Crippen LogP contribution in [0.5, 0.6) is 0 Å². The molecule has 0 saturated carbocycles. The number of aliphatic hydroxyl groups is 1. The van der Waals surface area contributed by atoms with Gasteiger partial charge in [-0.2, -0.15) is 5.10 Å². The van der Waals surface area contributed by atoms with Crippen molar-refractivity contribution in [2.75, 3.05) is 31.6 Å². The van der Waals surface area contributed by atoms with Gasteiger partial charge in [0.2, 0.25) is 0 Å². The number of likely N-dealkylation sites (N-methyl/N-ethyl adjacent to an activating group) is 1. The van der Waals surface area contributed by atoms with E-state index in [0.29, 0.717) is 11.7 Å². The fourth-order valence-electron chi connectivity index (χ4n) is 1.46. The van der Waals surface area contributed by atoms with Gasteiger partial charge in [-0.1, -0.05) is 12.1 Å². The molecule has 0 amide bonds. The molecule has 0 radical (unpaired) electrons. The lowest BCUT2D eigenvalue weighted by Crippen LogP contribution is -2.31. The summed E-state index contributed by atoms with van der Waals surface area (Å²) in [6.45, 7) is 3.50. The van der Waals surface area contributed by atoms with E-state index in [9.17, 15) is 0 Å². The van der Waals surface area contributed by atoms with E-state index in [2.05, 4.69) is 15.8 Å². The van der Waals surface area contributed by atoms with E-state index in [0.717, 1.165) is 17.8 Å². The molecule has 0 heterocycles. The monoisotopic (exact) mass is 280 g/mol. The van der Waals surface area contributed by atoms with Crippen molar-refractivity contribution in [1.29, 1.82) is 0 Å². The molecule has 0 aliphatic heterocycles. The first-order valence-corrected chi connectivity index (χ1v) is 6.57. The molecule has 0 bridgehead atoms. The van der Waals surface area contributed by atoms with Crippen molar-refractivity contribution in [3.05, 3.63) is 29.8 Å². The van der Waals surface area contributed by atoms with Crippen molar-refractivity contribution in [3.8, 4) is 0 Å². The maximum absolute atomic E-state index is 8.88. The number of hydrogen-bond acceptors (Lipinski definition) is 4. The number of rotatable bonds is 6. The van der Waals surface area contributed by atoms with Crippen molar-refractivity contribution in [2.24, 2.45) is 5.10 Å². The Bertz CT molecular complexity index is 419. The predicted molar refractivity (Wildman–Crippen MR) is 83.8 cm³/mol. The largest absolute Gasteiger partial charge is 0.395 e. The summed E-state index contributed by atoms with van der Waals surface area (Å²) < 4.78 is 0. The zero-order chi connectivity index (χ0) is 14.1. The van der Waals surface area contributed by atoms with Gasteiger partial charge in [0.05, 0.1) is 12.8 Å². The summed E-state index contributed by atoms with van der Waals surface area (Å²) in [6, 6.07) is 7.90. The standard InChI is InChI=1S/C13H20N4OS/c1-3-14-13(19)16-15-10-11-4-6-12(7-5-11)17(2)8-9-18/h4-7,10,18H,3,8-9H2,1-2H3,(H2,14,16,19). The number of thiocarbonyl (C=S) groups is 1. The van der Waals surface area contributed by atoms with Gasteiger partial charge in [0, 0.05) is 25.8 Å². The minimum atomic E-state index is 0.144. The molecule has 1 aromatic carbocycles. The summed E-state index contributed by atoms with van der Waals surface area (Å²) in [4.78, 5) is 1.99. The van der Waals surface area contributed by atoms with Crippen molar-refractivity contribution in [1.82, 2.24) is 10.7 Å². The Hall–Kier alpha value is -1.66. The molecule has 104 valence electrons. The SMILES string of the molecule is CCNC(=S)NN=Cc1ccc(N(C)CCO)cc1. The second-order valence-corrected chi connectivity index (χ2v) is 4.37. The molecule has 0 aliphatic carbocycles. The Balaban J connectivity index is 2.52. The lowest BCUT2D eigenvalue weighted by molar-refractivity contribution is 0.304. The van der Waals surface area contributed by atoms with Gasteiger partial charge in [0.15, 0.2) is 5.11 Å². The van der Waals surface area contributed by atoms with Gasteiger partial charge in [0.1, 0.15) is 0 Å². The number of nitrogens with zero attached hydrogens (tertiary/aromatic N) is 2. The Morgan fingerprint density at radius 3 is 2.68 bits per heavy atom. The van der Waals surface area contributed by atoms with E-state index in [-0.39, 0.29) is 6.61 Å². The van der Waals surface area contributed by atoms with Gasteiger partial charge in [0.25, 0.3) is 0 Å². The highest BCUT2D eigenvalue weighted by Crippen LogP contribution is 2.12. The lowest BCUT2D eigenvalue weighted by atomic mass is 10.2. The van der Waals surface area contributed by atoms with E-state index in [1.165, 1.54) is 0 Å². The summed E-state index contributed by atoms with van der Waals surface area (Å²) in [6.07, 6.45) is 1.71. The minimum Gasteiger partial charge on any atom is -0.395 e. The summed E-state index contributed by atoms with van der Waals surface area (Å²) in [5.74, 6) is 0. The van der Waals surface area contributed by atoms with E-state index in [4.69, 9.17) is 17.3 Å². The maximum Gasteiger partial charge on any atom is 0.186 e. The number of hydrazone groups is 1. The van der Waals surface area contributed by atoms with Crippen molar-refractivity contribution < 1.29 is 5.11 Å². The minimum absolute atomic E-state index is 0.144. The highest BCUT2D eigenvalue weighted by molar-refractivity contribution is 7.80. The second kappa shape index (κ2) is 8.44. The zero-order valence-corrected chi connectivity index (χ0v) is 12.1. The van der Waals surface area contributed by atoms with Crippen LogP contribution in [0.15, 0.2) is 29.4 Å². The summed E-state index contributed by atoms with van der Waals surface area (Å²) in [5.41, 5.74) is 4.77. The van der Waals surface area contributed by atoms with Gasteiger partial charge in [-0.25, -0.2) is 0 Å². The molecule has 0 unspecified atom stereocenters. The zero-order valence-electron chi connectivity index (χ0n) is 11.3. The van der Waals surface area contributed by atoms with E-state index >= 15 is 0 Å². The summed E-state index contributed by atoms with van der Waals surface area (Å²) >= 11 is 4.99. The Morgan fingerprint density at radius 1 is 1.42 bits per heavy atom. The number of benzene rings is 1. The van der Waals surface area contributed by atoms with Gasteiger partial charge in [-0.3, -0.25) is 5.43 Å². The smallest absolute Gasteiger partial charge is 0.186 e. The molecular formula is C13H20N4OS. The topological polar surface area (TPSA) is 59.9 Å². The quantitative estimate of drug-likeness (QED) is 0.411. The van der Waals surface area contributed by atoms with Crippen LogP contribution in [-0.4, -0.2) is 43.2 Å². The first kappa shape index (κ1) is 15.4. The second-order valence-electron chi connectivity index (χ2n) is 3.97. The Labute approximate surface area is 119 Å². The summed E-state index contributed by atoms with van der Waals surface area (Å²) in [5, 5.41) is 16.4. The molecular weight excluding hydrogens is 260 g/mol. The third-order valence-electron chi connectivity index (χ3n) is 2.49. The van der Waals surface area contributed by atoms with Gasteiger partial charge >= 0.3 is 0 Å². The molecule has 3 N–H and O–H groups in total. The molecule has 5 nitrogen and oxygen atoms in total. The number of nitrogens with one attached hydrogen (secondary N) is 2. The normalized spacial score (nSPS) is 10.5. The van der Waals surface area contributed by atoms with Gasteiger partial charge < -0.3 is 15.3 Å². The summed E-state index contributed by atoms with van der Waals surface area (Å²) in [7, 11) is 1.94. The molecule has 1 aromatic rings. The van der Waals surface area contributed by atoms with Crippen LogP contribution in [0.2, 0.25) is 0 Å². The highest BCUT2D eigenvalue weighted by Gasteiger charge is 1.98. The van der Waals surface area contributed by atoms with Crippen LogP contribution in [0.25, 0.3) is 0 Å². The predicted octanol–water partition coefficient (Wildman–Crippen LogP) is 0.933. The fourth-order valence-corrected chi connectivity index (χ4v) is 1.66. The van der Waals surface area contributed by atoms with Crippen molar-refractivity contribution >= 4 is 29.2 Å². The molecule has 0 atom stereocenters. The average Bonchev–Trinajstić information content (AvgIpc) is 2.40. The third-order valence-corrected chi connectivity index (χ3v) is 2.72. The average molecular weight is 280 g/mol. The lowest BCUT2D eigenvalue weighted by Gasteiger charge is -2.17. The Morgan fingerprint density at radius 2 is 2.11 bits per heavy atom. The van der Waals surface area contributed by atoms with Gasteiger partial charge in [-0.15, -0.1) is 0 Å². The number of hydrogen-bond donors (Lipinski definition) is 3. The van der Waals surface area contributed by atoms with E-state index in [1.807, 2.05) is 43.1 Å². The molecule has 0 aliphatic rings. The molecule has 0 saturated heterocycles. The molecule has 19 heavy (non-hydrogen) atoms. The molecule has 1 rings (SSSR count). The Kier molecular flexibility index (Phi) is 6.84. The van der Waals surface area contributed by atoms with Crippen LogP contribution >= 0.6 is 12.2 Å². The first-order chi connectivity index (χ1) is 9.17. The highest BCUT2D eigenvalue weighted by atomic mass is 32.1. The van der Waals surface area contributed by atoms with Crippen molar-refractivity contribution in [2.45, 2.75) is 6.92 Å². The molecule has 0 aromatic heterocycles. The number of aliphatic hydroxyl groups excluding tert-OH is 1. The van der Waals surface area contributed by atoms with Crippen LogP contribution < -0.4 is 15.6 Å². The fraction of sp³-hybridized carbons (Fsp3) is 0.385. The van der Waals surface area contributed by atoms with E-state index in [1.54, 1.807) is 6.21 Å². The molecule has 0 spiro atoms.